The van der Waals surface area contributed by atoms with Crippen LogP contribution in [-0.2, 0) is 9.59 Å². The number of pyridine rings is 1. The minimum atomic E-state index is -0.711. The molecule has 1 saturated heterocycles. The summed E-state index contributed by atoms with van der Waals surface area (Å²) in [5, 5.41) is 10.9. The molecule has 1 N–H and O–H groups in total. The fraction of sp³-hybridized carbons (Fsp3) is 0.0870. The summed E-state index contributed by atoms with van der Waals surface area (Å²) in [7, 11) is 0. The first kappa shape index (κ1) is 17.7. The van der Waals surface area contributed by atoms with Crippen LogP contribution in [0.25, 0.3) is 5.76 Å². The van der Waals surface area contributed by atoms with E-state index in [2.05, 4.69) is 4.98 Å². The molecular formula is C23H18N2O3. The highest BCUT2D eigenvalue weighted by atomic mass is 16.3. The average Bonchev–Trinajstić information content (AvgIpc) is 3.00. The molecule has 1 aromatic heterocycles. The number of aliphatic hydroxyl groups is 1. The van der Waals surface area contributed by atoms with E-state index in [4.69, 9.17) is 0 Å². The van der Waals surface area contributed by atoms with Crippen LogP contribution < -0.4 is 4.90 Å². The molecule has 1 atom stereocenters. The van der Waals surface area contributed by atoms with Gasteiger partial charge in [-0.05, 0) is 42.3 Å². The van der Waals surface area contributed by atoms with Crippen LogP contribution in [0.1, 0.15) is 22.7 Å². The smallest absolute Gasteiger partial charge is 0.300 e. The van der Waals surface area contributed by atoms with Crippen molar-refractivity contribution >= 4 is 23.1 Å². The minimum Gasteiger partial charge on any atom is -0.507 e. The molecule has 1 fully saturated rings. The fourth-order valence-corrected chi connectivity index (χ4v) is 3.54. The summed E-state index contributed by atoms with van der Waals surface area (Å²) in [5.74, 6) is -1.56. The Bertz CT molecular complexity index is 1080. The number of carbonyl (C=O) groups is 2. The molecule has 2 heterocycles. The summed E-state index contributed by atoms with van der Waals surface area (Å²) in [5.41, 5.74) is 2.85. The predicted molar refractivity (Wildman–Crippen MR) is 107 cm³/mol. The van der Waals surface area contributed by atoms with Crippen molar-refractivity contribution in [1.29, 1.82) is 0 Å². The topological polar surface area (TPSA) is 70.5 Å². The molecule has 0 spiro atoms. The Morgan fingerprint density at radius 3 is 2.25 bits per heavy atom. The van der Waals surface area contributed by atoms with Crippen LogP contribution in [0.3, 0.4) is 0 Å². The lowest BCUT2D eigenvalue weighted by atomic mass is 9.92. The highest BCUT2D eigenvalue weighted by Crippen LogP contribution is 2.42. The maximum Gasteiger partial charge on any atom is 0.300 e. The van der Waals surface area contributed by atoms with Crippen molar-refractivity contribution in [3.8, 4) is 0 Å². The Kier molecular flexibility index (Phi) is 4.49. The Balaban J connectivity index is 1.98. The third-order valence-corrected chi connectivity index (χ3v) is 4.92. The van der Waals surface area contributed by atoms with Gasteiger partial charge in [-0.15, -0.1) is 0 Å². The lowest BCUT2D eigenvalue weighted by Gasteiger charge is -2.26. The van der Waals surface area contributed by atoms with Crippen LogP contribution in [0.15, 0.2) is 84.7 Å². The largest absolute Gasteiger partial charge is 0.507 e. The first-order valence-corrected chi connectivity index (χ1v) is 8.91. The number of carbonyl (C=O) groups excluding carboxylic acids is 2. The van der Waals surface area contributed by atoms with Crippen molar-refractivity contribution in [2.24, 2.45) is 0 Å². The zero-order chi connectivity index (χ0) is 19.7. The van der Waals surface area contributed by atoms with Crippen molar-refractivity contribution in [3.63, 3.8) is 0 Å². The number of aromatic nitrogens is 1. The zero-order valence-corrected chi connectivity index (χ0v) is 15.2. The van der Waals surface area contributed by atoms with Gasteiger partial charge in [0.25, 0.3) is 11.7 Å². The third-order valence-electron chi connectivity index (χ3n) is 4.92. The first-order chi connectivity index (χ1) is 13.6. The van der Waals surface area contributed by atoms with E-state index in [-0.39, 0.29) is 11.3 Å². The Morgan fingerprint density at radius 1 is 0.929 bits per heavy atom. The Hall–Kier alpha value is -3.73. The van der Waals surface area contributed by atoms with Gasteiger partial charge >= 0.3 is 0 Å². The van der Waals surface area contributed by atoms with Gasteiger partial charge in [0.05, 0.1) is 11.6 Å². The molecule has 1 aliphatic rings. The molecular weight excluding hydrogens is 352 g/mol. The molecule has 0 bridgehead atoms. The van der Waals surface area contributed by atoms with E-state index in [0.29, 0.717) is 11.3 Å². The van der Waals surface area contributed by atoms with Crippen LogP contribution in [0.4, 0.5) is 5.69 Å². The van der Waals surface area contributed by atoms with Crippen molar-refractivity contribution in [3.05, 3.63) is 101 Å². The molecule has 3 aromatic rings. The number of rotatable bonds is 3. The number of aryl methyl sites for hydroxylation is 1. The Morgan fingerprint density at radius 2 is 1.57 bits per heavy atom. The molecule has 0 radical (unpaired) electrons. The number of Topliss-reactive ketones (excluding diaryl/α,β-unsaturated/α-hetero) is 1. The molecule has 2 aromatic carbocycles. The number of benzene rings is 2. The minimum absolute atomic E-state index is 0.0781. The summed E-state index contributed by atoms with van der Waals surface area (Å²) in [6, 6.07) is 19.1. The van der Waals surface area contributed by atoms with Gasteiger partial charge < -0.3 is 5.11 Å². The summed E-state index contributed by atoms with van der Waals surface area (Å²) in [6.07, 6.45) is 3.07. The summed E-state index contributed by atoms with van der Waals surface area (Å²) in [6.45, 7) is 1.92. The van der Waals surface area contributed by atoms with Crippen LogP contribution in [0, 0.1) is 6.92 Å². The third kappa shape index (κ3) is 2.87. The second-order valence-electron chi connectivity index (χ2n) is 6.60. The SMILES string of the molecule is Cc1ccccc1C1/C(=C(/O)c2ccncc2)C(=O)C(=O)N1c1ccccc1. The number of para-hydroxylation sites is 1. The standard InChI is InChI=1S/C23H18N2O3/c1-15-7-5-6-10-18(15)20-19(21(26)16-11-13-24-14-12-16)22(27)23(28)25(20)17-8-3-2-4-9-17/h2-14,20,26H,1H3/b21-19-. The van der Waals surface area contributed by atoms with Crippen LogP contribution in [0.2, 0.25) is 0 Å². The highest BCUT2D eigenvalue weighted by molar-refractivity contribution is 6.51. The summed E-state index contributed by atoms with van der Waals surface area (Å²) >= 11 is 0. The van der Waals surface area contributed by atoms with Gasteiger partial charge in [-0.3, -0.25) is 19.5 Å². The number of amides is 1. The second kappa shape index (κ2) is 7.12. The molecule has 1 amide bonds. The monoisotopic (exact) mass is 370 g/mol. The van der Waals surface area contributed by atoms with E-state index in [1.807, 2.05) is 49.4 Å². The van der Waals surface area contributed by atoms with Gasteiger partial charge in [-0.25, -0.2) is 0 Å². The van der Waals surface area contributed by atoms with Crippen LogP contribution >= 0.6 is 0 Å². The van der Waals surface area contributed by atoms with Gasteiger partial charge in [0.2, 0.25) is 0 Å². The molecule has 1 unspecified atom stereocenters. The van der Waals surface area contributed by atoms with E-state index in [0.717, 1.165) is 11.1 Å². The summed E-state index contributed by atoms with van der Waals surface area (Å²) in [4.78, 5) is 31.3. The number of aliphatic hydroxyl groups excluding tert-OH is 1. The quantitative estimate of drug-likeness (QED) is 0.429. The molecule has 138 valence electrons. The molecule has 5 heteroatoms. The molecule has 0 aliphatic carbocycles. The lowest BCUT2D eigenvalue weighted by Crippen LogP contribution is -2.29. The number of nitrogens with zero attached hydrogens (tertiary/aromatic N) is 2. The van der Waals surface area contributed by atoms with Crippen molar-refractivity contribution < 1.29 is 14.7 Å². The highest BCUT2D eigenvalue weighted by Gasteiger charge is 2.47. The van der Waals surface area contributed by atoms with Gasteiger partial charge in [0, 0.05) is 23.6 Å². The maximum atomic E-state index is 13.0. The van der Waals surface area contributed by atoms with E-state index in [9.17, 15) is 14.7 Å². The zero-order valence-electron chi connectivity index (χ0n) is 15.2. The number of hydrogen-bond donors (Lipinski definition) is 1. The number of anilines is 1. The van der Waals surface area contributed by atoms with Gasteiger partial charge in [0.15, 0.2) is 0 Å². The average molecular weight is 370 g/mol. The van der Waals surface area contributed by atoms with Gasteiger partial charge in [-0.1, -0.05) is 42.5 Å². The lowest BCUT2D eigenvalue weighted by molar-refractivity contribution is -0.132. The van der Waals surface area contributed by atoms with E-state index in [1.165, 1.54) is 17.3 Å². The van der Waals surface area contributed by atoms with Crippen LogP contribution in [-0.4, -0.2) is 21.8 Å². The fourth-order valence-electron chi connectivity index (χ4n) is 3.54. The number of ketones is 1. The first-order valence-electron chi connectivity index (χ1n) is 8.91. The van der Waals surface area contributed by atoms with Crippen molar-refractivity contribution in [1.82, 2.24) is 4.98 Å². The van der Waals surface area contributed by atoms with Gasteiger partial charge in [0.1, 0.15) is 5.76 Å². The second-order valence-corrected chi connectivity index (χ2v) is 6.60. The summed E-state index contributed by atoms with van der Waals surface area (Å²) < 4.78 is 0. The van der Waals surface area contributed by atoms with Crippen molar-refractivity contribution in [2.75, 3.05) is 4.90 Å². The van der Waals surface area contributed by atoms with E-state index in [1.54, 1.807) is 24.3 Å². The molecule has 5 nitrogen and oxygen atoms in total. The molecule has 28 heavy (non-hydrogen) atoms. The predicted octanol–water partition coefficient (Wildman–Crippen LogP) is 4.02. The number of hydrogen-bond acceptors (Lipinski definition) is 4. The van der Waals surface area contributed by atoms with Crippen LogP contribution in [0.5, 0.6) is 0 Å². The molecule has 1 aliphatic heterocycles. The van der Waals surface area contributed by atoms with Crippen molar-refractivity contribution in [2.45, 2.75) is 13.0 Å². The Labute approximate surface area is 162 Å². The van der Waals surface area contributed by atoms with E-state index < -0.39 is 17.7 Å². The van der Waals surface area contributed by atoms with Gasteiger partial charge in [-0.2, -0.15) is 0 Å². The molecule has 4 rings (SSSR count). The normalized spacial score (nSPS) is 18.5. The van der Waals surface area contributed by atoms with E-state index >= 15 is 0 Å². The maximum absolute atomic E-state index is 13.0. The molecule has 0 saturated carbocycles.